The number of phenolic OH excluding ortho intramolecular Hbond substituents is 1. The van der Waals surface area contributed by atoms with E-state index < -0.39 is 0 Å². The van der Waals surface area contributed by atoms with Crippen LogP contribution in [0.1, 0.15) is 49.4 Å². The highest BCUT2D eigenvalue weighted by atomic mass is 16.5. The molecule has 0 fully saturated rings. The fourth-order valence-corrected chi connectivity index (χ4v) is 3.03. The van der Waals surface area contributed by atoms with Gasteiger partial charge in [0.05, 0.1) is 17.3 Å². The number of benzene rings is 1. The van der Waals surface area contributed by atoms with Gasteiger partial charge in [-0.3, -0.25) is 9.78 Å². The predicted octanol–water partition coefficient (Wildman–Crippen LogP) is 3.91. The normalized spacial score (nSPS) is 12.5. The quantitative estimate of drug-likeness (QED) is 0.645. The third-order valence-corrected chi connectivity index (χ3v) is 4.49. The van der Waals surface area contributed by atoms with Crippen molar-refractivity contribution in [2.24, 2.45) is 0 Å². The fraction of sp³-hybridized carbons (Fsp3) is 0.300. The van der Waals surface area contributed by atoms with E-state index >= 15 is 0 Å². The van der Waals surface area contributed by atoms with E-state index in [4.69, 9.17) is 4.52 Å². The van der Waals surface area contributed by atoms with Gasteiger partial charge in [-0.2, -0.15) is 5.16 Å². The molecule has 3 N–H and O–H groups in total. The second-order valence-corrected chi connectivity index (χ2v) is 6.82. The number of aromatic hydroxyl groups is 2. The molecule has 0 spiro atoms. The molecule has 1 atom stereocenters. The van der Waals surface area contributed by atoms with Crippen molar-refractivity contribution >= 4 is 0 Å². The number of nitrogens with one attached hydrogen (secondary N) is 1. The van der Waals surface area contributed by atoms with Crippen LogP contribution in [0, 0.1) is 0 Å². The lowest BCUT2D eigenvalue weighted by Crippen LogP contribution is -2.02. The smallest absolute Gasteiger partial charge is 0.280 e. The zero-order valence-electron chi connectivity index (χ0n) is 15.0. The minimum atomic E-state index is -0.356. The van der Waals surface area contributed by atoms with E-state index in [9.17, 15) is 15.0 Å². The molecule has 6 nitrogen and oxygen atoms in total. The molecule has 2 heterocycles. The van der Waals surface area contributed by atoms with Crippen molar-refractivity contribution in [1.29, 1.82) is 0 Å². The highest BCUT2D eigenvalue weighted by molar-refractivity contribution is 5.65. The molecule has 0 aliphatic heterocycles. The van der Waals surface area contributed by atoms with Gasteiger partial charge in [-0.1, -0.05) is 26.8 Å². The molecule has 0 aliphatic rings. The number of phenols is 1. The van der Waals surface area contributed by atoms with Gasteiger partial charge in [0.1, 0.15) is 11.5 Å². The molecule has 2 aromatic heterocycles. The number of rotatable bonds is 5. The number of nitrogens with zero attached hydrogens (tertiary/aromatic N) is 1. The Balaban J connectivity index is 1.85. The molecular weight excluding hydrogens is 332 g/mol. The highest BCUT2D eigenvalue weighted by Crippen LogP contribution is 2.34. The van der Waals surface area contributed by atoms with Crippen LogP contribution in [0.25, 0.3) is 11.3 Å². The van der Waals surface area contributed by atoms with Crippen LogP contribution in [0.4, 0.5) is 0 Å². The minimum Gasteiger partial charge on any atom is -0.507 e. The molecular formula is C20H22N2O4. The number of aromatic amines is 1. The molecule has 26 heavy (non-hydrogen) atoms. The van der Waals surface area contributed by atoms with Crippen LogP contribution in [-0.2, 0) is 6.42 Å². The zero-order chi connectivity index (χ0) is 18.8. The minimum absolute atomic E-state index is 0.0407. The Hall–Kier alpha value is -3.02. The van der Waals surface area contributed by atoms with E-state index in [1.165, 1.54) is 6.07 Å². The molecule has 0 bridgehead atoms. The summed E-state index contributed by atoms with van der Waals surface area (Å²) in [6, 6.07) is 8.38. The summed E-state index contributed by atoms with van der Waals surface area (Å²) in [5.41, 5.74) is 2.54. The second-order valence-electron chi connectivity index (χ2n) is 6.82. The van der Waals surface area contributed by atoms with Crippen LogP contribution in [0.2, 0.25) is 0 Å². The molecule has 0 amide bonds. The van der Waals surface area contributed by atoms with E-state index in [0.29, 0.717) is 23.4 Å². The Morgan fingerprint density at radius 2 is 1.92 bits per heavy atom. The average molecular weight is 354 g/mol. The lowest BCUT2D eigenvalue weighted by Gasteiger charge is -2.16. The summed E-state index contributed by atoms with van der Waals surface area (Å²) in [5.74, 6) is 0.786. The van der Waals surface area contributed by atoms with Crippen molar-refractivity contribution in [1.82, 2.24) is 10.1 Å². The summed E-state index contributed by atoms with van der Waals surface area (Å²) >= 11 is 0. The number of hydrogen-bond acceptors (Lipinski definition) is 5. The Morgan fingerprint density at radius 1 is 1.15 bits per heavy atom. The first-order chi connectivity index (χ1) is 12.4. The molecule has 6 heteroatoms. The number of H-pyrrole nitrogens is 1. The first-order valence-electron chi connectivity index (χ1n) is 8.55. The van der Waals surface area contributed by atoms with Gasteiger partial charge in [0.2, 0.25) is 0 Å². The summed E-state index contributed by atoms with van der Waals surface area (Å²) in [6.45, 7) is 6.01. The van der Waals surface area contributed by atoms with Crippen LogP contribution in [0.5, 0.6) is 11.5 Å². The molecule has 0 aliphatic carbocycles. The predicted molar refractivity (Wildman–Crippen MR) is 98.5 cm³/mol. The van der Waals surface area contributed by atoms with Crippen LogP contribution < -0.4 is 5.56 Å². The van der Waals surface area contributed by atoms with Gasteiger partial charge in [-0.15, -0.1) is 0 Å². The van der Waals surface area contributed by atoms with E-state index in [1.807, 2.05) is 32.9 Å². The summed E-state index contributed by atoms with van der Waals surface area (Å²) in [4.78, 5) is 15.5. The van der Waals surface area contributed by atoms with Crippen LogP contribution >= 0.6 is 0 Å². The Morgan fingerprint density at radius 3 is 2.54 bits per heavy atom. The molecule has 136 valence electrons. The highest BCUT2D eigenvalue weighted by Gasteiger charge is 2.17. The molecule has 1 unspecified atom stereocenters. The van der Waals surface area contributed by atoms with E-state index in [1.54, 1.807) is 18.3 Å². The van der Waals surface area contributed by atoms with E-state index in [2.05, 4.69) is 10.1 Å². The fourth-order valence-electron chi connectivity index (χ4n) is 3.03. The summed E-state index contributed by atoms with van der Waals surface area (Å²) < 4.78 is 5.04. The largest absolute Gasteiger partial charge is 0.507 e. The number of aromatic nitrogens is 2. The summed E-state index contributed by atoms with van der Waals surface area (Å²) in [6.07, 6.45) is 2.33. The maximum Gasteiger partial charge on any atom is 0.280 e. The standard InChI is InChI=1S/C20H22N2O4/c1-11(2)19-20(25)14(6-7-21-19)8-12(3)13-4-5-15(16(23)9-13)17-10-18(24)22-26-17/h4-7,9-12,23,25H,8H2,1-3H3,(H,22,24). The zero-order valence-corrected chi connectivity index (χ0v) is 15.0. The Bertz CT molecular complexity index is 972. The number of hydrogen-bond donors (Lipinski definition) is 3. The van der Waals surface area contributed by atoms with Gasteiger partial charge in [0.25, 0.3) is 5.56 Å². The van der Waals surface area contributed by atoms with Gasteiger partial charge in [0.15, 0.2) is 5.76 Å². The topological polar surface area (TPSA) is 99.4 Å². The van der Waals surface area contributed by atoms with Gasteiger partial charge in [0, 0.05) is 6.20 Å². The van der Waals surface area contributed by atoms with Gasteiger partial charge >= 0.3 is 0 Å². The molecule has 3 aromatic rings. The molecule has 0 saturated carbocycles. The molecule has 0 saturated heterocycles. The maximum atomic E-state index is 11.2. The van der Waals surface area contributed by atoms with E-state index in [-0.39, 0.29) is 28.9 Å². The van der Waals surface area contributed by atoms with Crippen LogP contribution in [-0.4, -0.2) is 20.4 Å². The first-order valence-corrected chi connectivity index (χ1v) is 8.55. The third kappa shape index (κ3) is 3.49. The van der Waals surface area contributed by atoms with Crippen molar-refractivity contribution in [2.75, 3.05) is 0 Å². The second kappa shape index (κ2) is 7.07. The van der Waals surface area contributed by atoms with E-state index in [0.717, 1.165) is 11.1 Å². The van der Waals surface area contributed by atoms with Crippen molar-refractivity contribution in [2.45, 2.75) is 39.0 Å². The maximum absolute atomic E-state index is 11.2. The number of pyridine rings is 1. The van der Waals surface area contributed by atoms with Crippen molar-refractivity contribution in [3.05, 3.63) is 63.7 Å². The summed E-state index contributed by atoms with van der Waals surface area (Å²) in [5, 5.41) is 23.0. The van der Waals surface area contributed by atoms with Crippen molar-refractivity contribution < 1.29 is 14.7 Å². The Kier molecular flexibility index (Phi) is 4.84. The lowest BCUT2D eigenvalue weighted by atomic mass is 9.91. The molecule has 3 rings (SSSR count). The van der Waals surface area contributed by atoms with Gasteiger partial charge < -0.3 is 14.7 Å². The van der Waals surface area contributed by atoms with Gasteiger partial charge in [-0.25, -0.2) is 0 Å². The Labute approximate surface area is 151 Å². The van der Waals surface area contributed by atoms with Crippen molar-refractivity contribution in [3.63, 3.8) is 0 Å². The van der Waals surface area contributed by atoms with Crippen molar-refractivity contribution in [3.8, 4) is 22.8 Å². The molecule has 0 radical (unpaired) electrons. The van der Waals surface area contributed by atoms with Crippen LogP contribution in [0.15, 0.2) is 45.8 Å². The van der Waals surface area contributed by atoms with Crippen LogP contribution in [0.3, 0.4) is 0 Å². The van der Waals surface area contributed by atoms with Gasteiger partial charge in [-0.05, 0) is 47.6 Å². The first kappa shape index (κ1) is 17.8. The SMILES string of the molecule is CC(C)c1nccc(CC(C)c2ccc(-c3cc(=O)[nH]o3)c(O)c2)c1O. The lowest BCUT2D eigenvalue weighted by molar-refractivity contribution is 0.420. The summed E-state index contributed by atoms with van der Waals surface area (Å²) in [7, 11) is 0. The molecule has 1 aromatic carbocycles. The monoisotopic (exact) mass is 354 g/mol. The third-order valence-electron chi connectivity index (χ3n) is 4.49. The average Bonchev–Trinajstić information content (AvgIpc) is 3.02.